The van der Waals surface area contributed by atoms with Gasteiger partial charge in [-0.05, 0) is 25.7 Å². The number of halogens is 2. The fourth-order valence-corrected chi connectivity index (χ4v) is 2.64. The van der Waals surface area contributed by atoms with Crippen LogP contribution in [0.15, 0.2) is 0 Å². The first-order chi connectivity index (χ1) is 10.3. The van der Waals surface area contributed by atoms with Gasteiger partial charge in [-0.15, -0.1) is 0 Å². The summed E-state index contributed by atoms with van der Waals surface area (Å²) in [6.45, 7) is 1.75. The largest absolute Gasteiger partial charge is 0.481 e. The van der Waals surface area contributed by atoms with Crippen LogP contribution in [0.25, 0.3) is 0 Å². The zero-order valence-corrected chi connectivity index (χ0v) is 12.9. The zero-order valence-electron chi connectivity index (χ0n) is 12.9. The van der Waals surface area contributed by atoms with E-state index in [-0.39, 0.29) is 19.4 Å². The average Bonchev–Trinajstić information content (AvgIpc) is 2.76. The summed E-state index contributed by atoms with van der Waals surface area (Å²) >= 11 is 0. The molecule has 0 spiro atoms. The summed E-state index contributed by atoms with van der Waals surface area (Å²) in [5, 5.41) is 16.2. The molecule has 0 saturated heterocycles. The number of aromatic nitrogens is 2. The van der Waals surface area contributed by atoms with Gasteiger partial charge in [0.25, 0.3) is 5.91 Å². The van der Waals surface area contributed by atoms with Gasteiger partial charge in [-0.1, -0.05) is 6.92 Å². The van der Waals surface area contributed by atoms with Crippen molar-refractivity contribution in [3.63, 3.8) is 0 Å². The summed E-state index contributed by atoms with van der Waals surface area (Å²) in [4.78, 5) is 11.8. The SMILES string of the molecule is CCc1nn(C)c(OC)c1CNC(=O)C(F)(F)C1(O)CCC1. The summed E-state index contributed by atoms with van der Waals surface area (Å²) in [5.41, 5.74) is -0.980. The molecule has 22 heavy (non-hydrogen) atoms. The highest BCUT2D eigenvalue weighted by atomic mass is 19.3. The minimum atomic E-state index is -3.80. The molecule has 1 amide bonds. The molecule has 6 nitrogen and oxygen atoms in total. The standard InChI is InChI=1S/C14H21F2N3O3/c1-4-10-9(11(22-3)19(2)18-10)8-17-12(20)14(15,16)13(21)6-5-7-13/h21H,4-8H2,1-3H3,(H,17,20). The Morgan fingerprint density at radius 2 is 2.18 bits per heavy atom. The second-order valence-electron chi connectivity index (χ2n) is 5.55. The molecule has 8 heteroatoms. The van der Waals surface area contributed by atoms with Gasteiger partial charge in [-0.25, -0.2) is 4.68 Å². The molecule has 1 aliphatic rings. The van der Waals surface area contributed by atoms with Crippen molar-refractivity contribution < 1.29 is 23.4 Å². The molecule has 1 aliphatic carbocycles. The van der Waals surface area contributed by atoms with Gasteiger partial charge in [0, 0.05) is 7.05 Å². The van der Waals surface area contributed by atoms with Gasteiger partial charge in [-0.2, -0.15) is 13.9 Å². The van der Waals surface area contributed by atoms with Gasteiger partial charge in [0.05, 0.1) is 24.9 Å². The Balaban J connectivity index is 2.11. The van der Waals surface area contributed by atoms with Gasteiger partial charge in [0.1, 0.15) is 5.60 Å². The molecule has 0 bridgehead atoms. The summed E-state index contributed by atoms with van der Waals surface area (Å²) in [6, 6.07) is 0. The third kappa shape index (κ3) is 2.55. The molecule has 0 unspecified atom stereocenters. The van der Waals surface area contributed by atoms with Gasteiger partial charge in [0.15, 0.2) is 0 Å². The van der Waals surface area contributed by atoms with Crippen molar-refractivity contribution in [2.45, 2.75) is 50.7 Å². The van der Waals surface area contributed by atoms with E-state index in [1.807, 2.05) is 6.92 Å². The maximum Gasteiger partial charge on any atom is 0.352 e. The fourth-order valence-electron chi connectivity index (χ4n) is 2.64. The number of rotatable bonds is 6. The highest BCUT2D eigenvalue weighted by Gasteiger charge is 2.61. The molecule has 2 N–H and O–H groups in total. The fraction of sp³-hybridized carbons (Fsp3) is 0.714. The lowest BCUT2D eigenvalue weighted by atomic mass is 9.75. The van der Waals surface area contributed by atoms with E-state index in [0.717, 1.165) is 0 Å². The van der Waals surface area contributed by atoms with Crippen molar-refractivity contribution in [1.82, 2.24) is 15.1 Å². The molecule has 124 valence electrons. The van der Waals surface area contributed by atoms with E-state index in [9.17, 15) is 18.7 Å². The van der Waals surface area contributed by atoms with Gasteiger partial charge < -0.3 is 15.2 Å². The Bertz CT molecular complexity index is 568. The lowest BCUT2D eigenvalue weighted by Crippen LogP contribution is -2.60. The van der Waals surface area contributed by atoms with Crippen LogP contribution in [0.4, 0.5) is 8.78 Å². The first kappa shape index (κ1) is 16.7. The number of carbonyl (C=O) groups excluding carboxylic acids is 1. The quantitative estimate of drug-likeness (QED) is 0.825. The van der Waals surface area contributed by atoms with E-state index in [0.29, 0.717) is 30.0 Å². The monoisotopic (exact) mass is 317 g/mol. The van der Waals surface area contributed by atoms with Crippen molar-refractivity contribution in [3.05, 3.63) is 11.3 Å². The average molecular weight is 317 g/mol. The molecular formula is C14H21F2N3O3. The number of alkyl halides is 2. The topological polar surface area (TPSA) is 76.4 Å². The van der Waals surface area contributed by atoms with Crippen molar-refractivity contribution in [2.24, 2.45) is 7.05 Å². The zero-order chi connectivity index (χ0) is 16.5. The summed E-state index contributed by atoms with van der Waals surface area (Å²) in [7, 11) is 3.13. The molecule has 0 atom stereocenters. The van der Waals surface area contributed by atoms with Crippen LogP contribution in [-0.2, 0) is 24.8 Å². The molecule has 0 aliphatic heterocycles. The maximum absolute atomic E-state index is 14.0. The highest BCUT2D eigenvalue weighted by molar-refractivity contribution is 5.85. The number of methoxy groups -OCH3 is 1. The minimum Gasteiger partial charge on any atom is -0.481 e. The van der Waals surface area contributed by atoms with Gasteiger partial charge in [-0.3, -0.25) is 4.79 Å². The molecule has 0 aromatic carbocycles. The number of ether oxygens (including phenoxy) is 1. The number of carbonyl (C=O) groups is 1. The predicted octanol–water partition coefficient (Wildman–Crippen LogP) is 1.16. The molecular weight excluding hydrogens is 296 g/mol. The van der Waals surface area contributed by atoms with Crippen molar-refractivity contribution in [1.29, 1.82) is 0 Å². The Kier molecular flexibility index (Phi) is 4.42. The van der Waals surface area contributed by atoms with Gasteiger partial charge in [0.2, 0.25) is 5.88 Å². The molecule has 1 aromatic rings. The van der Waals surface area contributed by atoms with Crippen molar-refractivity contribution in [3.8, 4) is 5.88 Å². The van der Waals surface area contributed by atoms with Crippen LogP contribution in [0.2, 0.25) is 0 Å². The van der Waals surface area contributed by atoms with E-state index < -0.39 is 17.4 Å². The van der Waals surface area contributed by atoms with Crippen LogP contribution < -0.4 is 10.1 Å². The minimum absolute atomic E-state index is 0.0656. The molecule has 1 fully saturated rings. The van der Waals surface area contributed by atoms with E-state index >= 15 is 0 Å². The van der Waals surface area contributed by atoms with E-state index in [1.165, 1.54) is 11.8 Å². The third-order valence-electron chi connectivity index (χ3n) is 4.18. The van der Waals surface area contributed by atoms with Crippen molar-refractivity contribution >= 4 is 5.91 Å². The number of hydrogen-bond donors (Lipinski definition) is 2. The van der Waals surface area contributed by atoms with E-state index in [1.54, 1.807) is 7.05 Å². The molecule has 1 heterocycles. The molecule has 1 saturated carbocycles. The van der Waals surface area contributed by atoms with E-state index in [2.05, 4.69) is 10.4 Å². The Hall–Kier alpha value is -1.70. The normalized spacial score (nSPS) is 17.0. The number of nitrogens with one attached hydrogen (secondary N) is 1. The Morgan fingerprint density at radius 1 is 1.55 bits per heavy atom. The number of hydrogen-bond acceptors (Lipinski definition) is 4. The van der Waals surface area contributed by atoms with Crippen LogP contribution in [-0.4, -0.2) is 39.4 Å². The summed E-state index contributed by atoms with van der Waals surface area (Å²) in [6.07, 6.45) is 0.951. The molecule has 0 radical (unpaired) electrons. The predicted molar refractivity (Wildman–Crippen MR) is 74.7 cm³/mol. The first-order valence-corrected chi connectivity index (χ1v) is 7.24. The first-order valence-electron chi connectivity index (χ1n) is 7.24. The van der Waals surface area contributed by atoms with Crippen LogP contribution >= 0.6 is 0 Å². The number of aryl methyl sites for hydroxylation is 2. The van der Waals surface area contributed by atoms with Crippen LogP contribution in [0.1, 0.15) is 37.4 Å². The summed E-state index contributed by atoms with van der Waals surface area (Å²) in [5.74, 6) is -4.85. The summed E-state index contributed by atoms with van der Waals surface area (Å²) < 4.78 is 34.7. The lowest BCUT2D eigenvalue weighted by Gasteiger charge is -2.41. The van der Waals surface area contributed by atoms with Crippen LogP contribution in [0.3, 0.4) is 0 Å². The number of nitrogens with zero attached hydrogens (tertiary/aromatic N) is 2. The number of aliphatic hydroxyl groups is 1. The van der Waals surface area contributed by atoms with E-state index in [4.69, 9.17) is 4.74 Å². The Morgan fingerprint density at radius 3 is 2.64 bits per heavy atom. The molecule has 2 rings (SSSR count). The van der Waals surface area contributed by atoms with Crippen molar-refractivity contribution in [2.75, 3.05) is 7.11 Å². The van der Waals surface area contributed by atoms with Crippen LogP contribution in [0.5, 0.6) is 5.88 Å². The highest BCUT2D eigenvalue weighted by Crippen LogP contribution is 2.44. The van der Waals surface area contributed by atoms with Gasteiger partial charge >= 0.3 is 5.92 Å². The smallest absolute Gasteiger partial charge is 0.352 e. The Labute approximate surface area is 127 Å². The second-order valence-corrected chi connectivity index (χ2v) is 5.55. The van der Waals surface area contributed by atoms with Crippen LogP contribution in [0, 0.1) is 0 Å². The molecule has 1 aromatic heterocycles. The maximum atomic E-state index is 14.0. The number of amides is 1. The second kappa shape index (κ2) is 5.83. The lowest BCUT2D eigenvalue weighted by molar-refractivity contribution is -0.216. The third-order valence-corrected chi connectivity index (χ3v) is 4.18.